The Morgan fingerprint density at radius 1 is 1.47 bits per heavy atom. The van der Waals surface area contributed by atoms with Gasteiger partial charge in [-0.3, -0.25) is 0 Å². The van der Waals surface area contributed by atoms with Gasteiger partial charge in [0.15, 0.2) is 0 Å². The number of nitrogens with one attached hydrogen (secondary N) is 2. The van der Waals surface area contributed by atoms with E-state index in [0.29, 0.717) is 17.3 Å². The molecule has 0 spiro atoms. The molecule has 94 valence electrons. The highest BCUT2D eigenvalue weighted by molar-refractivity contribution is 6.32. The Labute approximate surface area is 104 Å². The Bertz CT molecular complexity index is 388. The van der Waals surface area contributed by atoms with Crippen molar-refractivity contribution in [2.45, 2.75) is 6.54 Å². The minimum absolute atomic E-state index is 0.00969. The van der Waals surface area contributed by atoms with Gasteiger partial charge in [-0.2, -0.15) is 0 Å². The van der Waals surface area contributed by atoms with E-state index >= 15 is 0 Å². The van der Waals surface area contributed by atoms with E-state index in [0.717, 1.165) is 5.56 Å². The summed E-state index contributed by atoms with van der Waals surface area (Å²) in [4.78, 5) is 11.2. The number of hydrogen-bond acceptors (Lipinski definition) is 2. The van der Waals surface area contributed by atoms with Gasteiger partial charge in [-0.1, -0.05) is 17.7 Å². The number of alkyl halides is 1. The van der Waals surface area contributed by atoms with Crippen molar-refractivity contribution in [2.24, 2.45) is 0 Å². The van der Waals surface area contributed by atoms with Crippen molar-refractivity contribution in [2.75, 3.05) is 20.3 Å². The van der Waals surface area contributed by atoms with E-state index in [1.165, 1.54) is 7.11 Å². The fourth-order valence-electron chi connectivity index (χ4n) is 1.22. The summed E-state index contributed by atoms with van der Waals surface area (Å²) >= 11 is 5.86. The zero-order valence-electron chi connectivity index (χ0n) is 9.43. The maximum atomic E-state index is 11.8. The molecule has 0 saturated heterocycles. The summed E-state index contributed by atoms with van der Waals surface area (Å²) in [5.41, 5.74) is 0.849. The molecule has 2 N–H and O–H groups in total. The van der Waals surface area contributed by atoms with Crippen LogP contribution in [0.15, 0.2) is 18.2 Å². The van der Waals surface area contributed by atoms with Crippen LogP contribution in [0.1, 0.15) is 5.56 Å². The molecule has 1 aromatic rings. The molecule has 0 aromatic heterocycles. The number of urea groups is 1. The summed E-state index contributed by atoms with van der Waals surface area (Å²) in [7, 11) is 1.52. The van der Waals surface area contributed by atoms with Crippen LogP contribution in [0.5, 0.6) is 5.75 Å². The Hall–Kier alpha value is -1.49. The molecule has 1 rings (SSSR count). The molecule has 0 saturated carbocycles. The highest BCUT2D eigenvalue weighted by Crippen LogP contribution is 2.24. The van der Waals surface area contributed by atoms with Gasteiger partial charge in [0.05, 0.1) is 12.1 Å². The second-order valence-corrected chi connectivity index (χ2v) is 3.67. The van der Waals surface area contributed by atoms with Crippen LogP contribution in [0.4, 0.5) is 9.18 Å². The van der Waals surface area contributed by atoms with E-state index < -0.39 is 12.7 Å². The zero-order valence-corrected chi connectivity index (χ0v) is 10.2. The third-order valence-electron chi connectivity index (χ3n) is 2.05. The summed E-state index contributed by atoms with van der Waals surface area (Å²) < 4.78 is 16.8. The second kappa shape index (κ2) is 6.96. The van der Waals surface area contributed by atoms with Crippen LogP contribution in [-0.4, -0.2) is 26.4 Å². The molecule has 0 heterocycles. The molecule has 2 amide bonds. The van der Waals surface area contributed by atoms with Gasteiger partial charge in [0.1, 0.15) is 12.4 Å². The average molecular weight is 261 g/mol. The summed E-state index contributed by atoms with van der Waals surface area (Å²) in [5, 5.41) is 5.46. The molecule has 0 atom stereocenters. The van der Waals surface area contributed by atoms with Crippen LogP contribution in [0, 0.1) is 0 Å². The lowest BCUT2D eigenvalue weighted by Crippen LogP contribution is -2.36. The molecule has 0 unspecified atom stereocenters. The SMILES string of the molecule is COc1cc(CNC(=O)NCCF)ccc1Cl. The molecule has 1 aromatic carbocycles. The maximum Gasteiger partial charge on any atom is 0.315 e. The lowest BCUT2D eigenvalue weighted by molar-refractivity contribution is 0.239. The highest BCUT2D eigenvalue weighted by atomic mass is 35.5. The summed E-state index contributed by atoms with van der Waals surface area (Å²) in [5.74, 6) is 0.551. The van der Waals surface area contributed by atoms with Crippen LogP contribution in [0.3, 0.4) is 0 Å². The zero-order chi connectivity index (χ0) is 12.7. The Morgan fingerprint density at radius 2 is 2.24 bits per heavy atom. The quantitative estimate of drug-likeness (QED) is 0.852. The average Bonchev–Trinajstić information content (AvgIpc) is 2.35. The van der Waals surface area contributed by atoms with Gasteiger partial charge >= 0.3 is 6.03 Å². The lowest BCUT2D eigenvalue weighted by atomic mass is 10.2. The molecule has 0 aliphatic carbocycles. The fourth-order valence-corrected chi connectivity index (χ4v) is 1.41. The molecule has 0 aliphatic heterocycles. The highest BCUT2D eigenvalue weighted by Gasteiger charge is 2.03. The summed E-state index contributed by atoms with van der Waals surface area (Å²) in [6.07, 6.45) is 0. The van der Waals surface area contributed by atoms with Crippen LogP contribution in [0.25, 0.3) is 0 Å². The number of ether oxygens (including phenoxy) is 1. The molecule has 0 bridgehead atoms. The van der Waals surface area contributed by atoms with Crippen molar-refractivity contribution in [1.29, 1.82) is 0 Å². The Balaban J connectivity index is 2.49. The molecule has 0 fully saturated rings. The number of carbonyl (C=O) groups is 1. The van der Waals surface area contributed by atoms with Gasteiger partial charge in [-0.15, -0.1) is 0 Å². The first kappa shape index (κ1) is 13.6. The van der Waals surface area contributed by atoms with Crippen molar-refractivity contribution >= 4 is 17.6 Å². The Morgan fingerprint density at radius 3 is 2.88 bits per heavy atom. The molecular weight excluding hydrogens is 247 g/mol. The van der Waals surface area contributed by atoms with Crippen molar-refractivity contribution in [3.05, 3.63) is 28.8 Å². The van der Waals surface area contributed by atoms with Gasteiger partial charge in [0.2, 0.25) is 0 Å². The number of rotatable bonds is 5. The predicted octanol–water partition coefficient (Wildman–Crippen LogP) is 2.12. The first-order chi connectivity index (χ1) is 8.17. The van der Waals surface area contributed by atoms with E-state index in [-0.39, 0.29) is 6.54 Å². The largest absolute Gasteiger partial charge is 0.495 e. The Kier molecular flexibility index (Phi) is 5.56. The normalized spacial score (nSPS) is 9.82. The van der Waals surface area contributed by atoms with Gasteiger partial charge in [-0.05, 0) is 17.7 Å². The number of halogens is 2. The van der Waals surface area contributed by atoms with Gasteiger partial charge in [0, 0.05) is 13.1 Å². The first-order valence-corrected chi connectivity index (χ1v) is 5.45. The summed E-state index contributed by atoms with van der Waals surface area (Å²) in [6, 6.07) is 4.80. The monoisotopic (exact) mass is 260 g/mol. The van der Waals surface area contributed by atoms with Crippen molar-refractivity contribution in [3.63, 3.8) is 0 Å². The van der Waals surface area contributed by atoms with Crippen molar-refractivity contribution in [3.8, 4) is 5.75 Å². The number of amides is 2. The van der Waals surface area contributed by atoms with E-state index in [4.69, 9.17) is 16.3 Å². The fraction of sp³-hybridized carbons (Fsp3) is 0.364. The third-order valence-corrected chi connectivity index (χ3v) is 2.36. The number of benzene rings is 1. The van der Waals surface area contributed by atoms with Gasteiger partial charge in [0.25, 0.3) is 0 Å². The van der Waals surface area contributed by atoms with E-state index in [1.807, 2.05) is 0 Å². The van der Waals surface area contributed by atoms with Gasteiger partial charge in [-0.25, -0.2) is 9.18 Å². The number of methoxy groups -OCH3 is 1. The van der Waals surface area contributed by atoms with Crippen LogP contribution < -0.4 is 15.4 Å². The molecule has 0 radical (unpaired) electrons. The standard InChI is InChI=1S/C11H14ClFN2O2/c1-17-10-6-8(2-3-9(10)12)7-15-11(16)14-5-4-13/h2-3,6H,4-5,7H2,1H3,(H2,14,15,16). The molecule has 17 heavy (non-hydrogen) atoms. The number of carbonyl (C=O) groups excluding carboxylic acids is 1. The van der Waals surface area contributed by atoms with E-state index in [2.05, 4.69) is 10.6 Å². The molecule has 4 nitrogen and oxygen atoms in total. The van der Waals surface area contributed by atoms with Crippen LogP contribution >= 0.6 is 11.6 Å². The first-order valence-electron chi connectivity index (χ1n) is 5.07. The maximum absolute atomic E-state index is 11.8. The smallest absolute Gasteiger partial charge is 0.315 e. The molecule has 6 heteroatoms. The number of hydrogen-bond donors (Lipinski definition) is 2. The van der Waals surface area contributed by atoms with Crippen LogP contribution in [0.2, 0.25) is 5.02 Å². The van der Waals surface area contributed by atoms with Crippen LogP contribution in [-0.2, 0) is 6.54 Å². The van der Waals surface area contributed by atoms with Crippen molar-refractivity contribution < 1.29 is 13.9 Å². The second-order valence-electron chi connectivity index (χ2n) is 3.27. The van der Waals surface area contributed by atoms with E-state index in [1.54, 1.807) is 18.2 Å². The molecule has 0 aliphatic rings. The van der Waals surface area contributed by atoms with Crippen molar-refractivity contribution in [1.82, 2.24) is 10.6 Å². The third kappa shape index (κ3) is 4.48. The van der Waals surface area contributed by atoms with E-state index in [9.17, 15) is 9.18 Å². The minimum atomic E-state index is -0.581. The summed E-state index contributed by atoms with van der Waals surface area (Å²) in [6.45, 7) is -0.246. The molecular formula is C11H14ClFN2O2. The predicted molar refractivity (Wildman–Crippen MR) is 64.2 cm³/mol. The van der Waals surface area contributed by atoms with Gasteiger partial charge < -0.3 is 15.4 Å². The topological polar surface area (TPSA) is 50.4 Å². The lowest BCUT2D eigenvalue weighted by Gasteiger charge is -2.08. The minimum Gasteiger partial charge on any atom is -0.495 e.